The number of amides is 1. The predicted octanol–water partition coefficient (Wildman–Crippen LogP) is 2.64. The quantitative estimate of drug-likeness (QED) is 0.895. The van der Waals surface area contributed by atoms with Crippen LogP contribution in [0.3, 0.4) is 0 Å². The van der Waals surface area contributed by atoms with E-state index in [1.54, 1.807) is 0 Å². The zero-order valence-corrected chi connectivity index (χ0v) is 15.9. The zero-order valence-electron chi connectivity index (χ0n) is 15.0. The first-order valence-electron chi connectivity index (χ1n) is 9.22. The fraction of sp³-hybridized carbons (Fsp3) is 0.526. The second-order valence-corrected chi connectivity index (χ2v) is 7.11. The highest BCUT2D eigenvalue weighted by Crippen LogP contribution is 2.33. The maximum Gasteiger partial charge on any atom is 0.276 e. The van der Waals surface area contributed by atoms with E-state index in [2.05, 4.69) is 46.8 Å². The average Bonchev–Trinajstić information content (AvgIpc) is 3.30. The van der Waals surface area contributed by atoms with Gasteiger partial charge in [0.1, 0.15) is 0 Å². The third kappa shape index (κ3) is 3.62. The van der Waals surface area contributed by atoms with E-state index in [9.17, 15) is 4.79 Å². The lowest BCUT2D eigenvalue weighted by Gasteiger charge is -2.24. The van der Waals surface area contributed by atoms with Gasteiger partial charge in [-0.3, -0.25) is 4.79 Å². The largest absolute Gasteiger partial charge is 0.334 e. The molecule has 6 nitrogen and oxygen atoms in total. The van der Waals surface area contributed by atoms with Gasteiger partial charge in [-0.2, -0.15) is 0 Å². The monoisotopic (exact) mass is 375 g/mol. The summed E-state index contributed by atoms with van der Waals surface area (Å²) in [5.74, 6) is 0.399. The molecule has 2 aromatic rings. The summed E-state index contributed by atoms with van der Waals surface area (Å²) in [5, 5.41) is 11.7. The molecule has 1 N–H and O–H groups in total. The van der Waals surface area contributed by atoms with E-state index in [1.807, 2.05) is 21.8 Å². The Labute approximate surface area is 160 Å². The van der Waals surface area contributed by atoms with Crippen LogP contribution in [-0.4, -0.2) is 51.5 Å². The van der Waals surface area contributed by atoms with Crippen molar-refractivity contribution in [3.63, 3.8) is 0 Å². The van der Waals surface area contributed by atoms with E-state index in [0.29, 0.717) is 17.7 Å². The van der Waals surface area contributed by atoms with Crippen LogP contribution in [0.4, 0.5) is 0 Å². The summed E-state index contributed by atoms with van der Waals surface area (Å²) in [5.41, 5.74) is 1.78. The number of likely N-dealkylation sites (tertiary alicyclic amines) is 1. The summed E-state index contributed by atoms with van der Waals surface area (Å²) < 4.78 is 1.88. The fourth-order valence-electron chi connectivity index (χ4n) is 4.14. The van der Waals surface area contributed by atoms with Crippen LogP contribution < -0.4 is 5.32 Å². The summed E-state index contributed by atoms with van der Waals surface area (Å²) >= 11 is 0. The van der Waals surface area contributed by atoms with Crippen LogP contribution in [0.5, 0.6) is 0 Å². The Balaban J connectivity index is 0.00000196. The Hall–Kier alpha value is -1.92. The number of nitrogens with one attached hydrogen (secondary N) is 1. The first-order chi connectivity index (χ1) is 12.2. The van der Waals surface area contributed by atoms with Crippen LogP contribution in [0.25, 0.3) is 0 Å². The van der Waals surface area contributed by atoms with E-state index in [-0.39, 0.29) is 24.4 Å². The van der Waals surface area contributed by atoms with Crippen LogP contribution in [0.2, 0.25) is 0 Å². The van der Waals surface area contributed by atoms with Crippen molar-refractivity contribution in [2.75, 3.05) is 19.6 Å². The van der Waals surface area contributed by atoms with Gasteiger partial charge >= 0.3 is 0 Å². The van der Waals surface area contributed by atoms with Gasteiger partial charge in [0, 0.05) is 18.5 Å². The number of carbonyl (C=O) groups is 1. The number of aromatic nitrogens is 3. The van der Waals surface area contributed by atoms with Crippen LogP contribution in [-0.2, 0) is 0 Å². The molecular formula is C19H26ClN5O. The molecule has 4 rings (SSSR count). The molecule has 0 bridgehead atoms. The predicted molar refractivity (Wildman–Crippen MR) is 103 cm³/mol. The Bertz CT molecular complexity index is 729. The molecule has 0 spiro atoms. The van der Waals surface area contributed by atoms with Crippen LogP contribution in [0, 0.1) is 0 Å². The molecular weight excluding hydrogens is 350 g/mol. The molecule has 2 fully saturated rings. The van der Waals surface area contributed by atoms with Gasteiger partial charge < -0.3 is 10.2 Å². The molecule has 3 heterocycles. The first kappa shape index (κ1) is 18.9. The van der Waals surface area contributed by atoms with Gasteiger partial charge in [-0.05, 0) is 44.8 Å². The number of rotatable bonds is 3. The van der Waals surface area contributed by atoms with Gasteiger partial charge in [0.2, 0.25) is 0 Å². The maximum atomic E-state index is 12.9. The highest BCUT2D eigenvalue weighted by molar-refractivity contribution is 5.92. The summed E-state index contributed by atoms with van der Waals surface area (Å²) in [6, 6.07) is 11.0. The minimum atomic E-state index is 0. The minimum absolute atomic E-state index is 0. The highest BCUT2D eigenvalue weighted by atomic mass is 35.5. The van der Waals surface area contributed by atoms with Crippen LogP contribution in [0.15, 0.2) is 36.5 Å². The second-order valence-electron chi connectivity index (χ2n) is 7.11. The van der Waals surface area contributed by atoms with E-state index in [1.165, 1.54) is 5.56 Å². The number of halogens is 1. The zero-order chi connectivity index (χ0) is 17.2. The van der Waals surface area contributed by atoms with E-state index >= 15 is 0 Å². The van der Waals surface area contributed by atoms with Gasteiger partial charge in [0.25, 0.3) is 5.91 Å². The van der Waals surface area contributed by atoms with Crippen molar-refractivity contribution in [1.82, 2.24) is 25.2 Å². The second kappa shape index (κ2) is 8.18. The number of hydrogen-bond acceptors (Lipinski definition) is 4. The lowest BCUT2D eigenvalue weighted by Crippen LogP contribution is -2.35. The highest BCUT2D eigenvalue weighted by Gasteiger charge is 2.36. The van der Waals surface area contributed by atoms with Crippen molar-refractivity contribution >= 4 is 18.3 Å². The molecule has 0 saturated carbocycles. The SMILES string of the molecule is CC1C(c2ccccc2)CCN1C(=O)c1cn(C2CCNCC2)nn1.Cl. The lowest BCUT2D eigenvalue weighted by atomic mass is 9.93. The molecule has 2 aliphatic heterocycles. The molecule has 26 heavy (non-hydrogen) atoms. The number of nitrogens with zero attached hydrogens (tertiary/aromatic N) is 4. The third-order valence-corrected chi connectivity index (χ3v) is 5.66. The molecule has 1 amide bonds. The molecule has 140 valence electrons. The molecule has 1 aromatic heterocycles. The summed E-state index contributed by atoms with van der Waals surface area (Å²) in [6.45, 7) is 4.91. The molecule has 2 unspecified atom stereocenters. The molecule has 0 radical (unpaired) electrons. The van der Waals surface area contributed by atoms with Gasteiger partial charge in [0.15, 0.2) is 5.69 Å². The minimum Gasteiger partial charge on any atom is -0.334 e. The van der Waals surface area contributed by atoms with Crippen molar-refractivity contribution < 1.29 is 4.79 Å². The van der Waals surface area contributed by atoms with Crippen LogP contribution in [0.1, 0.15) is 54.2 Å². The van der Waals surface area contributed by atoms with E-state index < -0.39 is 0 Å². The summed E-state index contributed by atoms with van der Waals surface area (Å²) in [4.78, 5) is 14.9. The number of carbonyl (C=O) groups excluding carboxylic acids is 1. The number of benzene rings is 1. The lowest BCUT2D eigenvalue weighted by molar-refractivity contribution is 0.0736. The average molecular weight is 376 g/mol. The standard InChI is InChI=1S/C19H25N5O.ClH/c1-14-17(15-5-3-2-4-6-15)9-12-23(14)19(25)18-13-24(22-21-18)16-7-10-20-11-8-16;/h2-6,13-14,16-17,20H,7-12H2,1H3;1H. The smallest absolute Gasteiger partial charge is 0.276 e. The molecule has 1 aromatic carbocycles. The Morgan fingerprint density at radius 3 is 2.62 bits per heavy atom. The molecule has 2 atom stereocenters. The van der Waals surface area contributed by atoms with Crippen molar-refractivity contribution in [1.29, 1.82) is 0 Å². The molecule has 7 heteroatoms. The van der Waals surface area contributed by atoms with Crippen molar-refractivity contribution in [3.05, 3.63) is 47.8 Å². The van der Waals surface area contributed by atoms with E-state index in [0.717, 1.165) is 38.9 Å². The van der Waals surface area contributed by atoms with Crippen LogP contribution >= 0.6 is 12.4 Å². The number of hydrogen-bond donors (Lipinski definition) is 1. The van der Waals surface area contributed by atoms with Gasteiger partial charge in [-0.15, -0.1) is 17.5 Å². The number of piperidine rings is 1. The Morgan fingerprint density at radius 2 is 1.88 bits per heavy atom. The first-order valence-corrected chi connectivity index (χ1v) is 9.22. The molecule has 2 saturated heterocycles. The molecule has 0 aliphatic carbocycles. The van der Waals surface area contributed by atoms with Gasteiger partial charge in [0.05, 0.1) is 12.2 Å². The molecule has 2 aliphatic rings. The summed E-state index contributed by atoms with van der Waals surface area (Å²) in [7, 11) is 0. The Morgan fingerprint density at radius 1 is 1.15 bits per heavy atom. The Kier molecular flexibility index (Phi) is 5.94. The normalized spacial score (nSPS) is 23.7. The maximum absolute atomic E-state index is 12.9. The van der Waals surface area contributed by atoms with Crippen molar-refractivity contribution in [2.24, 2.45) is 0 Å². The topological polar surface area (TPSA) is 63.1 Å². The third-order valence-electron chi connectivity index (χ3n) is 5.66. The van der Waals surface area contributed by atoms with Gasteiger partial charge in [-0.1, -0.05) is 35.5 Å². The fourth-order valence-corrected chi connectivity index (χ4v) is 4.14. The van der Waals surface area contributed by atoms with Crippen molar-refractivity contribution in [3.8, 4) is 0 Å². The van der Waals surface area contributed by atoms with E-state index in [4.69, 9.17) is 0 Å². The van der Waals surface area contributed by atoms with Gasteiger partial charge in [-0.25, -0.2) is 4.68 Å². The van der Waals surface area contributed by atoms with Crippen molar-refractivity contribution in [2.45, 2.75) is 44.2 Å². The summed E-state index contributed by atoms with van der Waals surface area (Å²) in [6.07, 6.45) is 4.90.